The summed E-state index contributed by atoms with van der Waals surface area (Å²) >= 11 is 0. The van der Waals surface area contributed by atoms with Crippen LogP contribution in [-0.2, 0) is 6.42 Å². The summed E-state index contributed by atoms with van der Waals surface area (Å²) in [6.07, 6.45) is 7.77. The average molecular weight is 282 g/mol. The van der Waals surface area contributed by atoms with Crippen LogP contribution in [0.2, 0.25) is 0 Å². The second-order valence-electron chi connectivity index (χ2n) is 5.58. The quantitative estimate of drug-likeness (QED) is 0.851. The molecule has 0 aliphatic heterocycles. The summed E-state index contributed by atoms with van der Waals surface area (Å²) in [7, 11) is 0. The summed E-state index contributed by atoms with van der Waals surface area (Å²) in [4.78, 5) is 8.59. The van der Waals surface area contributed by atoms with Gasteiger partial charge in [-0.15, -0.1) is 0 Å². The number of hydrogen-bond acceptors (Lipinski definition) is 4. The third-order valence-electron chi connectivity index (χ3n) is 3.94. The first-order valence-corrected chi connectivity index (χ1v) is 7.76. The maximum Gasteiger partial charge on any atom is 0.131 e. The van der Waals surface area contributed by atoms with Gasteiger partial charge in [0.1, 0.15) is 18.0 Å². The van der Waals surface area contributed by atoms with Crippen LogP contribution in [0.15, 0.2) is 42.7 Å². The zero-order valence-corrected chi connectivity index (χ0v) is 12.3. The van der Waals surface area contributed by atoms with Gasteiger partial charge in [0.15, 0.2) is 0 Å². The van der Waals surface area contributed by atoms with Crippen molar-refractivity contribution in [1.29, 1.82) is 0 Å². The van der Waals surface area contributed by atoms with Crippen LogP contribution in [0.4, 0.5) is 11.6 Å². The molecule has 1 saturated carbocycles. The van der Waals surface area contributed by atoms with E-state index in [0.717, 1.165) is 24.6 Å². The Balaban J connectivity index is 1.51. The summed E-state index contributed by atoms with van der Waals surface area (Å²) in [6.45, 7) is 0.879. The van der Waals surface area contributed by atoms with Gasteiger partial charge in [-0.1, -0.05) is 43.2 Å². The van der Waals surface area contributed by atoms with Gasteiger partial charge >= 0.3 is 0 Å². The molecule has 1 aromatic carbocycles. The van der Waals surface area contributed by atoms with Crippen molar-refractivity contribution in [2.75, 3.05) is 17.2 Å². The fourth-order valence-electron chi connectivity index (χ4n) is 2.79. The second kappa shape index (κ2) is 7.07. The van der Waals surface area contributed by atoms with E-state index in [2.05, 4.69) is 44.9 Å². The molecule has 2 aromatic rings. The molecular formula is C17H22N4. The molecule has 21 heavy (non-hydrogen) atoms. The van der Waals surface area contributed by atoms with Crippen LogP contribution in [0.5, 0.6) is 0 Å². The minimum absolute atomic E-state index is 0.581. The Labute approximate surface area is 126 Å². The molecule has 1 aromatic heterocycles. The van der Waals surface area contributed by atoms with Crippen molar-refractivity contribution < 1.29 is 0 Å². The highest BCUT2D eigenvalue weighted by Gasteiger charge is 2.14. The molecule has 0 amide bonds. The maximum atomic E-state index is 4.31. The molecule has 1 fully saturated rings. The lowest BCUT2D eigenvalue weighted by atomic mass is 10.1. The molecule has 110 valence electrons. The molecule has 1 aliphatic carbocycles. The van der Waals surface area contributed by atoms with Gasteiger partial charge < -0.3 is 10.6 Å². The number of nitrogens with zero attached hydrogens (tertiary/aromatic N) is 2. The van der Waals surface area contributed by atoms with Crippen LogP contribution in [0.25, 0.3) is 0 Å². The Morgan fingerprint density at radius 1 is 1.00 bits per heavy atom. The van der Waals surface area contributed by atoms with E-state index in [1.54, 1.807) is 6.33 Å². The summed E-state index contributed by atoms with van der Waals surface area (Å²) < 4.78 is 0. The minimum Gasteiger partial charge on any atom is -0.370 e. The van der Waals surface area contributed by atoms with E-state index in [1.165, 1.54) is 31.2 Å². The molecule has 4 heteroatoms. The standard InChI is InChI=1S/C17H22N4/c1-2-6-14(7-3-1)10-11-18-16-12-17(20-13-19-16)21-15-8-4-5-9-15/h1-3,6-7,12-13,15H,4-5,8-11H2,(H2,18,19,20,21). The monoisotopic (exact) mass is 282 g/mol. The Hall–Kier alpha value is -2.10. The van der Waals surface area contributed by atoms with Gasteiger partial charge in [-0.3, -0.25) is 0 Å². The van der Waals surface area contributed by atoms with Gasteiger partial charge in [-0.25, -0.2) is 9.97 Å². The summed E-state index contributed by atoms with van der Waals surface area (Å²) in [6, 6.07) is 13.1. The lowest BCUT2D eigenvalue weighted by Crippen LogP contribution is -2.16. The van der Waals surface area contributed by atoms with Crippen molar-refractivity contribution in [2.24, 2.45) is 0 Å². The van der Waals surface area contributed by atoms with Gasteiger partial charge in [0, 0.05) is 18.7 Å². The Kier molecular flexibility index (Phi) is 4.66. The largest absolute Gasteiger partial charge is 0.370 e. The first-order valence-electron chi connectivity index (χ1n) is 7.76. The van der Waals surface area contributed by atoms with Crippen LogP contribution < -0.4 is 10.6 Å². The number of rotatable bonds is 6. The Bertz CT molecular complexity index is 550. The Morgan fingerprint density at radius 3 is 2.57 bits per heavy atom. The van der Waals surface area contributed by atoms with E-state index in [-0.39, 0.29) is 0 Å². The first-order chi connectivity index (χ1) is 10.4. The molecule has 1 aliphatic rings. The van der Waals surface area contributed by atoms with Crippen molar-refractivity contribution in [3.05, 3.63) is 48.3 Å². The van der Waals surface area contributed by atoms with E-state index < -0.39 is 0 Å². The van der Waals surface area contributed by atoms with Crippen molar-refractivity contribution in [3.63, 3.8) is 0 Å². The van der Waals surface area contributed by atoms with Crippen molar-refractivity contribution in [2.45, 2.75) is 38.1 Å². The predicted molar refractivity (Wildman–Crippen MR) is 86.5 cm³/mol. The number of anilines is 2. The lowest BCUT2D eigenvalue weighted by Gasteiger charge is -2.13. The van der Waals surface area contributed by atoms with Crippen molar-refractivity contribution in [3.8, 4) is 0 Å². The Morgan fingerprint density at radius 2 is 1.76 bits per heavy atom. The normalized spacial score (nSPS) is 15.0. The van der Waals surface area contributed by atoms with E-state index in [9.17, 15) is 0 Å². The highest BCUT2D eigenvalue weighted by Crippen LogP contribution is 2.21. The molecule has 0 atom stereocenters. The predicted octanol–water partition coefficient (Wildman–Crippen LogP) is 3.49. The number of nitrogens with one attached hydrogen (secondary N) is 2. The van der Waals surface area contributed by atoms with E-state index in [0.29, 0.717) is 6.04 Å². The van der Waals surface area contributed by atoms with Crippen LogP contribution in [0, 0.1) is 0 Å². The number of benzene rings is 1. The summed E-state index contributed by atoms with van der Waals surface area (Å²) in [5.74, 6) is 1.82. The van der Waals surface area contributed by atoms with Crippen molar-refractivity contribution >= 4 is 11.6 Å². The number of hydrogen-bond donors (Lipinski definition) is 2. The van der Waals surface area contributed by atoms with Crippen LogP contribution in [0.3, 0.4) is 0 Å². The lowest BCUT2D eigenvalue weighted by molar-refractivity contribution is 0.750. The van der Waals surface area contributed by atoms with Crippen LogP contribution >= 0.6 is 0 Å². The fraction of sp³-hybridized carbons (Fsp3) is 0.412. The minimum atomic E-state index is 0.581. The first kappa shape index (κ1) is 13.9. The molecule has 0 unspecified atom stereocenters. The molecule has 1 heterocycles. The zero-order chi connectivity index (χ0) is 14.3. The maximum absolute atomic E-state index is 4.31. The summed E-state index contributed by atoms with van der Waals surface area (Å²) in [5, 5.41) is 6.87. The zero-order valence-electron chi connectivity index (χ0n) is 12.3. The van der Waals surface area contributed by atoms with Crippen LogP contribution in [-0.4, -0.2) is 22.6 Å². The van der Waals surface area contributed by atoms with Crippen molar-refractivity contribution in [1.82, 2.24) is 9.97 Å². The SMILES string of the molecule is c1ccc(CCNc2cc(NC3CCCC3)ncn2)cc1. The third-order valence-corrected chi connectivity index (χ3v) is 3.94. The van der Waals surface area contributed by atoms with E-state index >= 15 is 0 Å². The smallest absolute Gasteiger partial charge is 0.131 e. The number of aromatic nitrogens is 2. The molecule has 3 rings (SSSR count). The van der Waals surface area contributed by atoms with Gasteiger partial charge in [0.25, 0.3) is 0 Å². The second-order valence-corrected chi connectivity index (χ2v) is 5.58. The van der Waals surface area contributed by atoms with E-state index in [4.69, 9.17) is 0 Å². The molecule has 4 nitrogen and oxygen atoms in total. The van der Waals surface area contributed by atoms with Crippen LogP contribution in [0.1, 0.15) is 31.2 Å². The highest BCUT2D eigenvalue weighted by molar-refractivity contribution is 5.47. The molecule has 0 radical (unpaired) electrons. The molecule has 0 saturated heterocycles. The molecule has 2 N–H and O–H groups in total. The van der Waals surface area contributed by atoms with Gasteiger partial charge in [-0.2, -0.15) is 0 Å². The summed E-state index contributed by atoms with van der Waals surface area (Å²) in [5.41, 5.74) is 1.34. The molecule has 0 spiro atoms. The topological polar surface area (TPSA) is 49.8 Å². The van der Waals surface area contributed by atoms with Gasteiger partial charge in [-0.05, 0) is 24.8 Å². The fourth-order valence-corrected chi connectivity index (χ4v) is 2.79. The average Bonchev–Trinajstić information content (AvgIpc) is 3.02. The third kappa shape index (κ3) is 4.18. The molecular weight excluding hydrogens is 260 g/mol. The van der Waals surface area contributed by atoms with Gasteiger partial charge in [0.05, 0.1) is 0 Å². The molecule has 0 bridgehead atoms. The van der Waals surface area contributed by atoms with Gasteiger partial charge in [0.2, 0.25) is 0 Å². The highest BCUT2D eigenvalue weighted by atomic mass is 15.1. The van der Waals surface area contributed by atoms with E-state index in [1.807, 2.05) is 12.1 Å².